The topological polar surface area (TPSA) is 42.4 Å². The number of ether oxygens (including phenoxy) is 1. The van der Waals surface area contributed by atoms with Gasteiger partial charge in [0.1, 0.15) is 0 Å². The fourth-order valence-corrected chi connectivity index (χ4v) is 2.78. The van der Waals surface area contributed by atoms with Crippen LogP contribution >= 0.6 is 11.3 Å². The highest BCUT2D eigenvalue weighted by atomic mass is 32.1. The molecular formula is C11H17NO2S. The number of rotatable bonds is 3. The molecule has 1 fully saturated rings. The number of nitrogens with zero attached hydrogens (tertiary/aromatic N) is 1. The van der Waals surface area contributed by atoms with Crippen molar-refractivity contribution in [2.24, 2.45) is 5.92 Å². The van der Waals surface area contributed by atoms with Gasteiger partial charge in [-0.25, -0.2) is 4.98 Å². The minimum absolute atomic E-state index is 0.282. The Balaban J connectivity index is 1.89. The number of hydrogen-bond donors (Lipinski definition) is 1. The highest BCUT2D eigenvalue weighted by Gasteiger charge is 2.28. The van der Waals surface area contributed by atoms with Crippen molar-refractivity contribution in [2.75, 3.05) is 6.61 Å². The summed E-state index contributed by atoms with van der Waals surface area (Å²) in [6.45, 7) is 4.72. The largest absolute Gasteiger partial charge is 0.392 e. The van der Waals surface area contributed by atoms with E-state index < -0.39 is 0 Å². The highest BCUT2D eigenvalue weighted by Crippen LogP contribution is 2.25. The molecule has 4 heteroatoms. The molecular weight excluding hydrogens is 210 g/mol. The molecule has 1 aromatic rings. The first-order chi connectivity index (χ1) is 7.15. The summed E-state index contributed by atoms with van der Waals surface area (Å²) >= 11 is 1.63. The molecule has 0 radical (unpaired) electrons. The summed E-state index contributed by atoms with van der Waals surface area (Å²) in [6, 6.07) is 0. The zero-order valence-electron chi connectivity index (χ0n) is 9.14. The summed E-state index contributed by atoms with van der Waals surface area (Å²) in [5, 5.41) is 13.1. The van der Waals surface area contributed by atoms with Crippen LogP contribution in [0.1, 0.15) is 24.0 Å². The summed E-state index contributed by atoms with van der Waals surface area (Å²) in [6.07, 6.45) is 1.62. The number of aryl methyl sites for hydroxylation is 1. The molecule has 3 nitrogen and oxygen atoms in total. The van der Waals surface area contributed by atoms with Gasteiger partial charge in [0, 0.05) is 23.4 Å². The fourth-order valence-electron chi connectivity index (χ4n) is 1.96. The van der Waals surface area contributed by atoms with Gasteiger partial charge in [0.25, 0.3) is 0 Å². The van der Waals surface area contributed by atoms with Crippen molar-refractivity contribution < 1.29 is 9.84 Å². The maximum atomic E-state index is 10.0. The average molecular weight is 227 g/mol. The number of aliphatic hydroxyl groups excluding tert-OH is 1. The van der Waals surface area contributed by atoms with Crippen molar-refractivity contribution in [3.8, 4) is 0 Å². The predicted molar refractivity (Wildman–Crippen MR) is 60.1 cm³/mol. The Hall–Kier alpha value is -0.450. The quantitative estimate of drug-likeness (QED) is 0.856. The molecule has 0 amide bonds. The molecule has 15 heavy (non-hydrogen) atoms. The number of aromatic nitrogens is 1. The lowest BCUT2D eigenvalue weighted by atomic mass is 9.97. The Labute approximate surface area is 94.1 Å². The first-order valence-electron chi connectivity index (χ1n) is 5.36. The van der Waals surface area contributed by atoms with Gasteiger partial charge >= 0.3 is 0 Å². The molecule has 0 aromatic carbocycles. The van der Waals surface area contributed by atoms with Crippen molar-refractivity contribution in [2.45, 2.75) is 38.9 Å². The Bertz CT molecular complexity index is 326. The summed E-state index contributed by atoms with van der Waals surface area (Å²) in [7, 11) is 0. The van der Waals surface area contributed by atoms with Gasteiger partial charge in [0.15, 0.2) is 0 Å². The van der Waals surface area contributed by atoms with Crippen LogP contribution in [0.4, 0.5) is 0 Å². The number of hydrogen-bond acceptors (Lipinski definition) is 4. The second-order valence-electron chi connectivity index (χ2n) is 4.29. The minimum atomic E-state index is -0.305. The molecule has 0 aliphatic carbocycles. The molecule has 1 saturated heterocycles. The van der Waals surface area contributed by atoms with Crippen LogP contribution in [0.3, 0.4) is 0 Å². The third kappa shape index (κ3) is 2.77. The van der Waals surface area contributed by atoms with Gasteiger partial charge in [0.2, 0.25) is 0 Å². The SMILES string of the molecule is Cc1csc(CC(O)C2COC(C)C2)n1. The second kappa shape index (κ2) is 4.60. The zero-order chi connectivity index (χ0) is 10.8. The lowest BCUT2D eigenvalue weighted by Crippen LogP contribution is -2.23. The standard InChI is InChI=1S/C11H17NO2S/c1-7-6-15-11(12-7)4-10(13)9-3-8(2)14-5-9/h6,8-10,13H,3-5H2,1-2H3. The third-order valence-electron chi connectivity index (χ3n) is 2.82. The van der Waals surface area contributed by atoms with E-state index in [1.165, 1.54) is 0 Å². The van der Waals surface area contributed by atoms with E-state index in [0.717, 1.165) is 17.1 Å². The molecule has 1 N–H and O–H groups in total. The average Bonchev–Trinajstić information content (AvgIpc) is 2.75. The normalized spacial score (nSPS) is 28.2. The van der Waals surface area contributed by atoms with Crippen molar-refractivity contribution in [1.29, 1.82) is 0 Å². The molecule has 84 valence electrons. The maximum Gasteiger partial charge on any atom is 0.0954 e. The van der Waals surface area contributed by atoms with E-state index in [4.69, 9.17) is 4.74 Å². The van der Waals surface area contributed by atoms with Crippen LogP contribution in [0.5, 0.6) is 0 Å². The smallest absolute Gasteiger partial charge is 0.0954 e. The first kappa shape index (κ1) is 11.0. The van der Waals surface area contributed by atoms with Crippen LogP contribution in [-0.2, 0) is 11.2 Å². The van der Waals surface area contributed by atoms with Crippen molar-refractivity contribution in [1.82, 2.24) is 4.98 Å². The molecule has 1 aliphatic heterocycles. The maximum absolute atomic E-state index is 10.0. The van der Waals surface area contributed by atoms with Crippen LogP contribution in [0.15, 0.2) is 5.38 Å². The van der Waals surface area contributed by atoms with E-state index in [9.17, 15) is 5.11 Å². The molecule has 1 aromatic heterocycles. The first-order valence-corrected chi connectivity index (χ1v) is 6.24. The van der Waals surface area contributed by atoms with Crippen LogP contribution in [0.2, 0.25) is 0 Å². The minimum Gasteiger partial charge on any atom is -0.392 e. The monoisotopic (exact) mass is 227 g/mol. The van der Waals surface area contributed by atoms with Gasteiger partial charge in [0.05, 0.1) is 23.8 Å². The molecule has 0 saturated carbocycles. The van der Waals surface area contributed by atoms with E-state index in [0.29, 0.717) is 19.1 Å². The van der Waals surface area contributed by atoms with E-state index in [1.54, 1.807) is 11.3 Å². The van der Waals surface area contributed by atoms with Gasteiger partial charge < -0.3 is 9.84 Å². The van der Waals surface area contributed by atoms with Gasteiger partial charge in [-0.15, -0.1) is 11.3 Å². The van der Waals surface area contributed by atoms with Gasteiger partial charge in [-0.1, -0.05) is 0 Å². The fraction of sp³-hybridized carbons (Fsp3) is 0.727. The zero-order valence-corrected chi connectivity index (χ0v) is 9.96. The number of aliphatic hydroxyl groups is 1. The summed E-state index contributed by atoms with van der Waals surface area (Å²) < 4.78 is 5.45. The van der Waals surface area contributed by atoms with Crippen molar-refractivity contribution in [3.63, 3.8) is 0 Å². The lowest BCUT2D eigenvalue weighted by Gasteiger charge is -2.14. The third-order valence-corrected chi connectivity index (χ3v) is 3.81. The summed E-state index contributed by atoms with van der Waals surface area (Å²) in [4.78, 5) is 4.36. The predicted octanol–water partition coefficient (Wildman–Crippen LogP) is 1.78. The van der Waals surface area contributed by atoms with Gasteiger partial charge in [-0.3, -0.25) is 0 Å². The molecule has 0 bridgehead atoms. The van der Waals surface area contributed by atoms with Crippen LogP contribution in [0, 0.1) is 12.8 Å². The van der Waals surface area contributed by atoms with Gasteiger partial charge in [-0.05, 0) is 20.3 Å². The molecule has 2 rings (SSSR count). The van der Waals surface area contributed by atoms with Gasteiger partial charge in [-0.2, -0.15) is 0 Å². The molecule has 3 unspecified atom stereocenters. The van der Waals surface area contributed by atoms with E-state index in [1.807, 2.05) is 12.3 Å². The molecule has 0 spiro atoms. The van der Waals surface area contributed by atoms with Crippen molar-refractivity contribution in [3.05, 3.63) is 16.1 Å². The van der Waals surface area contributed by atoms with Crippen LogP contribution in [-0.4, -0.2) is 28.9 Å². The van der Waals surface area contributed by atoms with Crippen LogP contribution < -0.4 is 0 Å². The summed E-state index contributed by atoms with van der Waals surface area (Å²) in [5.41, 5.74) is 1.04. The lowest BCUT2D eigenvalue weighted by molar-refractivity contribution is 0.0806. The molecule has 1 aliphatic rings. The Kier molecular flexibility index (Phi) is 3.38. The Morgan fingerprint density at radius 1 is 1.73 bits per heavy atom. The Morgan fingerprint density at radius 2 is 2.53 bits per heavy atom. The Morgan fingerprint density at radius 3 is 3.07 bits per heavy atom. The molecule has 2 heterocycles. The van der Waals surface area contributed by atoms with E-state index >= 15 is 0 Å². The van der Waals surface area contributed by atoms with Crippen molar-refractivity contribution >= 4 is 11.3 Å². The van der Waals surface area contributed by atoms with Crippen LogP contribution in [0.25, 0.3) is 0 Å². The van der Waals surface area contributed by atoms with E-state index in [2.05, 4.69) is 11.9 Å². The summed E-state index contributed by atoms with van der Waals surface area (Å²) in [5.74, 6) is 0.282. The second-order valence-corrected chi connectivity index (χ2v) is 5.24. The highest BCUT2D eigenvalue weighted by molar-refractivity contribution is 7.09. The molecule has 3 atom stereocenters. The van der Waals surface area contributed by atoms with E-state index in [-0.39, 0.29) is 12.0 Å². The number of thiazole rings is 1.